The highest BCUT2D eigenvalue weighted by atomic mass is 127. The van der Waals surface area contributed by atoms with E-state index in [1.807, 2.05) is 18.0 Å². The van der Waals surface area contributed by atoms with Crippen molar-refractivity contribution in [3.8, 4) is 0 Å². The van der Waals surface area contributed by atoms with E-state index in [1.165, 1.54) is 5.03 Å². The van der Waals surface area contributed by atoms with E-state index < -0.39 is 0 Å². The molecule has 0 unspecified atom stereocenters. The third-order valence-corrected chi connectivity index (χ3v) is 2.95. The van der Waals surface area contributed by atoms with Crippen molar-refractivity contribution in [1.29, 1.82) is 0 Å². The zero-order valence-corrected chi connectivity index (χ0v) is 8.15. The van der Waals surface area contributed by atoms with Crippen LogP contribution in [0.15, 0.2) is 5.03 Å². The van der Waals surface area contributed by atoms with E-state index in [9.17, 15) is 0 Å². The standard InChI is InChI=1S/C5H6IN2S/c1-8-5(9-2)4(6)3-7-8/h1-2H3. The lowest BCUT2D eigenvalue weighted by Gasteiger charge is -1.94. The summed E-state index contributed by atoms with van der Waals surface area (Å²) in [5.74, 6) is 0. The molecule has 0 amide bonds. The molecule has 49 valence electrons. The van der Waals surface area contributed by atoms with E-state index in [1.54, 1.807) is 11.8 Å². The second-order valence-electron chi connectivity index (χ2n) is 1.56. The van der Waals surface area contributed by atoms with Gasteiger partial charge in [0.1, 0.15) is 11.2 Å². The van der Waals surface area contributed by atoms with Gasteiger partial charge in [-0.3, -0.25) is 4.68 Å². The summed E-state index contributed by atoms with van der Waals surface area (Å²) in [4.78, 5) is 0. The summed E-state index contributed by atoms with van der Waals surface area (Å²) >= 11 is 3.91. The highest BCUT2D eigenvalue weighted by molar-refractivity contribution is 14.1. The molecular formula is C5H6IN2S. The molecule has 1 heterocycles. The van der Waals surface area contributed by atoms with Crippen LogP contribution in [0.3, 0.4) is 0 Å². The van der Waals surface area contributed by atoms with Crippen molar-refractivity contribution in [2.24, 2.45) is 7.05 Å². The van der Waals surface area contributed by atoms with Crippen molar-refractivity contribution < 1.29 is 0 Å². The Morgan fingerprint density at radius 2 is 2.44 bits per heavy atom. The number of hydrogen-bond donors (Lipinski definition) is 0. The maximum atomic E-state index is 3.95. The third kappa shape index (κ3) is 1.40. The predicted octanol–water partition coefficient (Wildman–Crippen LogP) is 1.55. The van der Waals surface area contributed by atoms with Crippen molar-refractivity contribution in [2.75, 3.05) is 6.26 Å². The van der Waals surface area contributed by atoms with Gasteiger partial charge >= 0.3 is 0 Å². The van der Waals surface area contributed by atoms with Gasteiger partial charge in [0.2, 0.25) is 0 Å². The van der Waals surface area contributed by atoms with Crippen LogP contribution in [0.2, 0.25) is 0 Å². The van der Waals surface area contributed by atoms with Crippen LogP contribution in [0.5, 0.6) is 0 Å². The Labute approximate surface area is 72.2 Å². The second-order valence-corrected chi connectivity index (χ2v) is 3.43. The number of aromatic nitrogens is 2. The zero-order chi connectivity index (χ0) is 6.85. The van der Waals surface area contributed by atoms with E-state index >= 15 is 0 Å². The predicted molar refractivity (Wildman–Crippen MR) is 46.5 cm³/mol. The average molecular weight is 253 g/mol. The Kier molecular flexibility index (Phi) is 2.40. The lowest BCUT2D eigenvalue weighted by molar-refractivity contribution is 0.696. The summed E-state index contributed by atoms with van der Waals surface area (Å²) in [5.41, 5.74) is 0. The first-order valence-corrected chi connectivity index (χ1v) is 4.70. The first-order valence-electron chi connectivity index (χ1n) is 2.40. The second kappa shape index (κ2) is 2.92. The molecule has 1 rings (SSSR count). The minimum absolute atomic E-state index is 1.10. The lowest BCUT2D eigenvalue weighted by atomic mass is 10.7. The normalized spacial score (nSPS) is 10.1. The van der Waals surface area contributed by atoms with Gasteiger partial charge in [-0.2, -0.15) is 5.10 Å². The smallest absolute Gasteiger partial charge is 0.128 e. The summed E-state index contributed by atoms with van der Waals surface area (Å²) in [7, 11) is 1.92. The zero-order valence-electron chi connectivity index (χ0n) is 5.18. The fourth-order valence-electron chi connectivity index (χ4n) is 0.576. The first kappa shape index (κ1) is 7.40. The number of halogens is 1. The van der Waals surface area contributed by atoms with Gasteiger partial charge in [-0.1, -0.05) is 0 Å². The third-order valence-electron chi connectivity index (χ3n) is 0.973. The van der Waals surface area contributed by atoms with Crippen molar-refractivity contribution in [3.05, 3.63) is 9.77 Å². The SMILES string of the molecule is CSc1c(I)[c]nn1C. The maximum Gasteiger partial charge on any atom is 0.128 e. The molecule has 0 bridgehead atoms. The molecule has 0 atom stereocenters. The quantitative estimate of drug-likeness (QED) is 0.558. The molecule has 0 aromatic carbocycles. The molecule has 1 radical (unpaired) electrons. The molecular weight excluding hydrogens is 247 g/mol. The lowest BCUT2D eigenvalue weighted by Crippen LogP contribution is -1.90. The Morgan fingerprint density at radius 3 is 2.67 bits per heavy atom. The van der Waals surface area contributed by atoms with Crippen LogP contribution < -0.4 is 0 Å². The fourth-order valence-corrected chi connectivity index (χ4v) is 2.22. The summed E-state index contributed by atoms with van der Waals surface area (Å²) < 4.78 is 2.93. The molecule has 0 aliphatic heterocycles. The molecule has 2 nitrogen and oxygen atoms in total. The highest BCUT2D eigenvalue weighted by Crippen LogP contribution is 2.19. The summed E-state index contributed by atoms with van der Waals surface area (Å²) in [5, 5.41) is 5.13. The number of nitrogens with zero attached hydrogens (tertiary/aromatic N) is 2. The maximum absolute atomic E-state index is 3.95. The fraction of sp³-hybridized carbons (Fsp3) is 0.400. The van der Waals surface area contributed by atoms with Gasteiger partial charge in [-0.15, -0.1) is 11.8 Å². The molecule has 0 N–H and O–H groups in total. The molecule has 4 heteroatoms. The summed E-state index contributed by atoms with van der Waals surface area (Å²) in [6.07, 6.45) is 4.90. The topological polar surface area (TPSA) is 17.8 Å². The Hall–Kier alpha value is 0.290. The van der Waals surface area contributed by atoms with Crippen LogP contribution in [0.4, 0.5) is 0 Å². The first-order chi connectivity index (χ1) is 4.25. The van der Waals surface area contributed by atoms with Crippen molar-refractivity contribution >= 4 is 34.4 Å². The minimum Gasteiger partial charge on any atom is -0.260 e. The van der Waals surface area contributed by atoms with Crippen molar-refractivity contribution in [1.82, 2.24) is 9.78 Å². The Balaban J connectivity index is 3.07. The van der Waals surface area contributed by atoms with Gasteiger partial charge < -0.3 is 0 Å². The molecule has 0 fully saturated rings. The Bertz CT molecular complexity index is 189. The Morgan fingerprint density at radius 1 is 1.78 bits per heavy atom. The van der Waals surface area contributed by atoms with Crippen molar-refractivity contribution in [3.63, 3.8) is 0 Å². The molecule has 0 spiro atoms. The average Bonchev–Trinajstić information content (AvgIpc) is 2.12. The van der Waals surface area contributed by atoms with Gasteiger partial charge in [0.15, 0.2) is 0 Å². The monoisotopic (exact) mass is 253 g/mol. The van der Waals surface area contributed by atoms with Crippen LogP contribution in [0.25, 0.3) is 0 Å². The van der Waals surface area contributed by atoms with Crippen LogP contribution in [0, 0.1) is 9.77 Å². The van der Waals surface area contributed by atoms with Crippen molar-refractivity contribution in [2.45, 2.75) is 5.03 Å². The van der Waals surface area contributed by atoms with Gasteiger partial charge in [0, 0.05) is 7.05 Å². The van der Waals surface area contributed by atoms with E-state index in [4.69, 9.17) is 0 Å². The van der Waals surface area contributed by atoms with Gasteiger partial charge in [0.05, 0.1) is 3.57 Å². The molecule has 1 aromatic rings. The van der Waals surface area contributed by atoms with Crippen LogP contribution in [0.1, 0.15) is 0 Å². The molecule has 0 saturated carbocycles. The van der Waals surface area contributed by atoms with Gasteiger partial charge in [-0.05, 0) is 28.8 Å². The molecule has 0 aliphatic rings. The van der Waals surface area contributed by atoms with Crippen LogP contribution >= 0.6 is 34.4 Å². The van der Waals surface area contributed by atoms with Crippen LogP contribution in [-0.2, 0) is 7.05 Å². The number of aryl methyl sites for hydroxylation is 1. The van der Waals surface area contributed by atoms with Gasteiger partial charge in [-0.25, -0.2) is 0 Å². The van der Waals surface area contributed by atoms with Gasteiger partial charge in [0.25, 0.3) is 0 Å². The minimum atomic E-state index is 1.10. The highest BCUT2D eigenvalue weighted by Gasteiger charge is 2.02. The van der Waals surface area contributed by atoms with E-state index in [0.29, 0.717) is 0 Å². The largest absolute Gasteiger partial charge is 0.260 e. The molecule has 0 aliphatic carbocycles. The van der Waals surface area contributed by atoms with E-state index in [2.05, 4.69) is 33.9 Å². The van der Waals surface area contributed by atoms with E-state index in [0.717, 1.165) is 3.57 Å². The number of rotatable bonds is 1. The number of hydrogen-bond acceptors (Lipinski definition) is 2. The number of thioether (sulfide) groups is 1. The van der Waals surface area contributed by atoms with E-state index in [-0.39, 0.29) is 0 Å². The van der Waals surface area contributed by atoms with Crippen LogP contribution in [-0.4, -0.2) is 16.0 Å². The molecule has 1 aromatic heterocycles. The molecule has 0 saturated heterocycles. The summed E-state index contributed by atoms with van der Waals surface area (Å²) in [6, 6.07) is 0. The molecule has 9 heavy (non-hydrogen) atoms. The summed E-state index contributed by atoms with van der Waals surface area (Å²) in [6.45, 7) is 0.